The quantitative estimate of drug-likeness (QED) is 0.287. The second kappa shape index (κ2) is 8.03. The van der Waals surface area contributed by atoms with E-state index in [1.165, 1.54) is 18.4 Å². The predicted molar refractivity (Wildman–Crippen MR) is 133 cm³/mol. The van der Waals surface area contributed by atoms with E-state index >= 15 is 0 Å². The van der Waals surface area contributed by atoms with E-state index in [1.54, 1.807) is 12.1 Å². The van der Waals surface area contributed by atoms with Crippen LogP contribution in [0.25, 0.3) is 33.3 Å². The van der Waals surface area contributed by atoms with Crippen molar-refractivity contribution in [3.05, 3.63) is 84.4 Å². The van der Waals surface area contributed by atoms with Crippen LogP contribution in [0.3, 0.4) is 0 Å². The summed E-state index contributed by atoms with van der Waals surface area (Å²) in [6.07, 6.45) is 4.22. The maximum absolute atomic E-state index is 5.72. The minimum absolute atomic E-state index is 0.315. The summed E-state index contributed by atoms with van der Waals surface area (Å²) >= 11 is 0. The lowest BCUT2D eigenvalue weighted by atomic mass is 9.59. The number of pyridine rings is 2. The maximum atomic E-state index is 5.72. The zero-order valence-electron chi connectivity index (χ0n) is 18.9. The smallest absolute Gasteiger partial charge is 0.149 e. The third kappa shape index (κ3) is 3.65. The van der Waals surface area contributed by atoms with Gasteiger partial charge in [0.25, 0.3) is 0 Å². The molecule has 1 unspecified atom stereocenters. The van der Waals surface area contributed by atoms with Gasteiger partial charge in [-0.2, -0.15) is 0 Å². The van der Waals surface area contributed by atoms with E-state index in [0.717, 1.165) is 33.3 Å². The second-order valence-corrected chi connectivity index (χ2v) is 9.68. The second-order valence-electron chi connectivity index (χ2n) is 9.68. The highest BCUT2D eigenvalue weighted by atomic mass is 15.2. The van der Waals surface area contributed by atoms with Gasteiger partial charge in [0, 0.05) is 28.6 Å². The molecule has 1 radical (unpaired) electrons. The summed E-state index contributed by atoms with van der Waals surface area (Å²) in [5, 5.41) is 0.910. The molecule has 0 saturated heterocycles. The molecule has 1 saturated carbocycles. The average Bonchev–Trinajstić information content (AvgIpc) is 2.77. The first-order valence-corrected chi connectivity index (χ1v) is 11.2. The van der Waals surface area contributed by atoms with Crippen molar-refractivity contribution >= 4 is 16.7 Å². The van der Waals surface area contributed by atoms with Crippen LogP contribution in [0.4, 0.5) is 5.82 Å². The van der Waals surface area contributed by atoms with Crippen molar-refractivity contribution in [2.45, 2.75) is 33.6 Å². The summed E-state index contributed by atoms with van der Waals surface area (Å²) in [6, 6.07) is 23.4. The molecule has 161 valence electrons. The molecule has 4 nitrogen and oxygen atoms in total. The summed E-state index contributed by atoms with van der Waals surface area (Å²) in [5.74, 6) is 8.60. The molecule has 1 aliphatic carbocycles. The Morgan fingerprint density at radius 3 is 2.25 bits per heavy atom. The Morgan fingerprint density at radius 2 is 1.62 bits per heavy atom. The van der Waals surface area contributed by atoms with Crippen LogP contribution in [-0.2, 0) is 0 Å². The largest absolute Gasteiger partial charge is 0.308 e. The third-order valence-corrected chi connectivity index (χ3v) is 6.66. The molecular weight excluding hydrogens is 392 g/mol. The van der Waals surface area contributed by atoms with Crippen molar-refractivity contribution in [1.82, 2.24) is 9.97 Å². The molecule has 0 amide bonds. The van der Waals surface area contributed by atoms with Gasteiger partial charge in [-0.15, -0.1) is 0 Å². The van der Waals surface area contributed by atoms with Crippen LogP contribution < -0.4 is 11.3 Å². The van der Waals surface area contributed by atoms with E-state index in [1.807, 2.05) is 12.1 Å². The Morgan fingerprint density at radius 1 is 0.906 bits per heavy atom. The number of nitrogen functional groups attached to an aromatic ring is 1. The van der Waals surface area contributed by atoms with Gasteiger partial charge in [0.15, 0.2) is 0 Å². The number of hydrogen-bond acceptors (Lipinski definition) is 4. The molecule has 4 aromatic rings. The fraction of sp³-hybridized carbons (Fsp3) is 0.250. The zero-order chi connectivity index (χ0) is 22.3. The molecule has 0 spiro atoms. The Kier molecular flexibility index (Phi) is 5.18. The van der Waals surface area contributed by atoms with Gasteiger partial charge in [-0.3, -0.25) is 0 Å². The fourth-order valence-electron chi connectivity index (χ4n) is 4.85. The van der Waals surface area contributed by atoms with Gasteiger partial charge < -0.3 is 5.43 Å². The van der Waals surface area contributed by atoms with Crippen LogP contribution in [0.15, 0.2) is 72.9 Å². The van der Waals surface area contributed by atoms with Gasteiger partial charge in [0.2, 0.25) is 0 Å². The van der Waals surface area contributed by atoms with Gasteiger partial charge in [0.1, 0.15) is 5.82 Å². The monoisotopic (exact) mass is 421 g/mol. The van der Waals surface area contributed by atoms with Crippen LogP contribution >= 0.6 is 0 Å². The number of nitrogens with two attached hydrogens (primary N) is 1. The highest BCUT2D eigenvalue weighted by Gasteiger charge is 2.40. The number of nitrogens with zero attached hydrogens (tertiary/aromatic N) is 2. The van der Waals surface area contributed by atoms with E-state index < -0.39 is 0 Å². The first-order chi connectivity index (χ1) is 15.5. The number of nitrogens with one attached hydrogen (secondary N) is 1. The molecule has 0 aliphatic heterocycles. The molecule has 1 fully saturated rings. The van der Waals surface area contributed by atoms with Crippen LogP contribution in [0.1, 0.15) is 39.2 Å². The minimum atomic E-state index is 0.315. The highest BCUT2D eigenvalue weighted by molar-refractivity contribution is 5.96. The molecular formula is C28H29N4. The molecule has 0 bridgehead atoms. The SMILES string of the molecule is CC(C)(C)C1CC[C]1c1ccc(-c2nc3ccnc(NN)c3cc2-c2ccccc2)cc1. The lowest BCUT2D eigenvalue weighted by Crippen LogP contribution is -2.35. The van der Waals surface area contributed by atoms with Gasteiger partial charge in [-0.1, -0.05) is 75.4 Å². The Labute approximate surface area is 189 Å². The lowest BCUT2D eigenvalue weighted by molar-refractivity contribution is 0.180. The fourth-order valence-corrected chi connectivity index (χ4v) is 4.85. The maximum Gasteiger partial charge on any atom is 0.149 e. The zero-order valence-corrected chi connectivity index (χ0v) is 18.9. The molecule has 2 aromatic carbocycles. The van der Waals surface area contributed by atoms with Gasteiger partial charge in [-0.05, 0) is 47.4 Å². The van der Waals surface area contributed by atoms with Crippen molar-refractivity contribution in [2.75, 3.05) is 5.43 Å². The van der Waals surface area contributed by atoms with Crippen LogP contribution in [0, 0.1) is 17.3 Å². The third-order valence-electron chi connectivity index (χ3n) is 6.66. The highest BCUT2D eigenvalue weighted by Crippen LogP contribution is 2.51. The van der Waals surface area contributed by atoms with E-state index in [2.05, 4.69) is 85.8 Å². The molecule has 2 heterocycles. The van der Waals surface area contributed by atoms with Crippen molar-refractivity contribution in [2.24, 2.45) is 17.2 Å². The van der Waals surface area contributed by atoms with Crippen LogP contribution in [-0.4, -0.2) is 9.97 Å². The number of benzene rings is 2. The molecule has 32 heavy (non-hydrogen) atoms. The molecule has 1 aliphatic rings. The van der Waals surface area contributed by atoms with Crippen molar-refractivity contribution in [1.29, 1.82) is 0 Å². The number of aromatic nitrogens is 2. The van der Waals surface area contributed by atoms with Gasteiger partial charge in [-0.25, -0.2) is 15.8 Å². The number of hydrogen-bond donors (Lipinski definition) is 2. The van der Waals surface area contributed by atoms with Gasteiger partial charge in [0.05, 0.1) is 11.2 Å². The standard InChI is InChI=1S/C28H29N4/c1-28(2,3)24-14-13-21(24)19-9-11-20(12-10-19)26-22(18-7-5-4-6-8-18)17-23-25(31-26)15-16-30-27(23)32-29/h4-12,15-17,24H,13-14,29H2,1-3H3,(H,30,32). The summed E-state index contributed by atoms with van der Waals surface area (Å²) in [7, 11) is 0. The van der Waals surface area contributed by atoms with Crippen molar-refractivity contribution in [3.63, 3.8) is 0 Å². The predicted octanol–water partition coefficient (Wildman–Crippen LogP) is 6.63. The molecule has 2 aromatic heterocycles. The van der Waals surface area contributed by atoms with Crippen molar-refractivity contribution in [3.8, 4) is 22.4 Å². The summed E-state index contributed by atoms with van der Waals surface area (Å²) in [6.45, 7) is 7.03. The first-order valence-electron chi connectivity index (χ1n) is 11.2. The van der Waals surface area contributed by atoms with Crippen LogP contribution in [0.2, 0.25) is 0 Å². The van der Waals surface area contributed by atoms with E-state index in [4.69, 9.17) is 10.8 Å². The Balaban J connectivity index is 1.60. The number of anilines is 1. The number of hydrazine groups is 1. The summed E-state index contributed by atoms with van der Waals surface area (Å²) in [5.41, 5.74) is 9.52. The normalized spacial score (nSPS) is 16.7. The topological polar surface area (TPSA) is 63.8 Å². The van der Waals surface area contributed by atoms with Gasteiger partial charge >= 0.3 is 0 Å². The summed E-state index contributed by atoms with van der Waals surface area (Å²) < 4.78 is 0. The van der Waals surface area contributed by atoms with E-state index in [0.29, 0.717) is 17.2 Å². The number of fused-ring (bicyclic) bond motifs is 1. The molecule has 4 heteroatoms. The summed E-state index contributed by atoms with van der Waals surface area (Å²) in [4.78, 5) is 9.41. The Hall–Kier alpha value is -3.24. The first kappa shape index (κ1) is 20.7. The van der Waals surface area contributed by atoms with E-state index in [-0.39, 0.29) is 0 Å². The lowest BCUT2D eigenvalue weighted by Gasteiger charge is -2.45. The van der Waals surface area contributed by atoms with Crippen molar-refractivity contribution < 1.29 is 0 Å². The number of rotatable bonds is 4. The average molecular weight is 422 g/mol. The molecule has 1 atom stereocenters. The Bertz CT molecular complexity index is 1240. The molecule has 5 rings (SSSR count). The molecule has 3 N–H and O–H groups in total. The van der Waals surface area contributed by atoms with E-state index in [9.17, 15) is 0 Å². The minimum Gasteiger partial charge on any atom is -0.308 e. The van der Waals surface area contributed by atoms with Crippen LogP contribution in [0.5, 0.6) is 0 Å².